The summed E-state index contributed by atoms with van der Waals surface area (Å²) in [6.07, 6.45) is 3.48. The van der Waals surface area contributed by atoms with E-state index >= 15 is 0 Å². The van der Waals surface area contributed by atoms with Crippen LogP contribution in [0.1, 0.15) is 12.0 Å². The molecule has 2 aliphatic carbocycles. The summed E-state index contributed by atoms with van der Waals surface area (Å²) in [6, 6.07) is 5.43. The number of hydrogen-bond acceptors (Lipinski definition) is 7. The van der Waals surface area contributed by atoms with Gasteiger partial charge in [0.15, 0.2) is 0 Å². The van der Waals surface area contributed by atoms with Crippen molar-refractivity contribution in [3.63, 3.8) is 0 Å². The van der Waals surface area contributed by atoms with E-state index < -0.39 is 34.7 Å². The standard InChI is InChI=1S/C17H14N2O7/c20-15-13-10-3-4-11(7-10)14(13)16(21)18(15)26-17(22)25-8-9-1-5-12(6-2-9)19(23)24/h1-6,10-11,13-14H,7-8H2/t10-,11+,13-,14-/m0/s1. The van der Waals surface area contributed by atoms with Crippen molar-refractivity contribution >= 4 is 23.7 Å². The van der Waals surface area contributed by atoms with Gasteiger partial charge in [-0.1, -0.05) is 17.2 Å². The number of hydrogen-bond donors (Lipinski definition) is 0. The summed E-state index contributed by atoms with van der Waals surface area (Å²) < 4.78 is 4.89. The first-order chi connectivity index (χ1) is 12.5. The average Bonchev–Trinajstić information content (AvgIpc) is 3.30. The summed E-state index contributed by atoms with van der Waals surface area (Å²) in [4.78, 5) is 51.4. The molecular formula is C17H14N2O7. The molecule has 1 saturated carbocycles. The number of non-ortho nitro benzene ring substituents is 1. The number of rotatable bonds is 4. The Balaban J connectivity index is 1.35. The molecule has 1 heterocycles. The normalized spacial score (nSPS) is 28.4. The number of amides is 2. The van der Waals surface area contributed by atoms with E-state index in [-0.39, 0.29) is 24.1 Å². The quantitative estimate of drug-likeness (QED) is 0.265. The van der Waals surface area contributed by atoms with Crippen molar-refractivity contribution in [2.75, 3.05) is 0 Å². The van der Waals surface area contributed by atoms with Crippen LogP contribution in [0.25, 0.3) is 0 Å². The van der Waals surface area contributed by atoms with Crippen molar-refractivity contribution in [2.45, 2.75) is 13.0 Å². The van der Waals surface area contributed by atoms with Gasteiger partial charge >= 0.3 is 6.16 Å². The van der Waals surface area contributed by atoms with E-state index in [1.165, 1.54) is 24.3 Å². The maximum Gasteiger partial charge on any atom is 0.534 e. The Kier molecular flexibility index (Phi) is 3.71. The predicted octanol–water partition coefficient (Wildman–Crippen LogP) is 1.97. The summed E-state index contributed by atoms with van der Waals surface area (Å²) in [5, 5.41) is 11.1. The lowest BCUT2D eigenvalue weighted by Gasteiger charge is -2.15. The van der Waals surface area contributed by atoms with E-state index in [1.807, 2.05) is 12.2 Å². The first-order valence-electron chi connectivity index (χ1n) is 8.10. The van der Waals surface area contributed by atoms with Gasteiger partial charge in [-0.25, -0.2) is 4.79 Å². The molecule has 2 amide bonds. The fourth-order valence-corrected chi connectivity index (χ4v) is 3.92. The third-order valence-corrected chi connectivity index (χ3v) is 5.10. The van der Waals surface area contributed by atoms with Crippen LogP contribution in [0, 0.1) is 33.8 Å². The van der Waals surface area contributed by atoms with E-state index in [4.69, 9.17) is 9.57 Å². The summed E-state index contributed by atoms with van der Waals surface area (Å²) in [5.41, 5.74) is 0.421. The smallest absolute Gasteiger partial charge is 0.428 e. The molecule has 134 valence electrons. The van der Waals surface area contributed by atoms with Crippen molar-refractivity contribution in [2.24, 2.45) is 23.7 Å². The Morgan fingerprint density at radius 3 is 2.23 bits per heavy atom. The number of hydroxylamine groups is 2. The molecule has 1 aromatic rings. The number of nitro benzene ring substituents is 1. The van der Waals surface area contributed by atoms with Crippen LogP contribution < -0.4 is 0 Å². The summed E-state index contributed by atoms with van der Waals surface area (Å²) >= 11 is 0. The lowest BCUT2D eigenvalue weighted by Crippen LogP contribution is -2.35. The maximum absolute atomic E-state index is 12.4. The predicted molar refractivity (Wildman–Crippen MR) is 83.9 cm³/mol. The van der Waals surface area contributed by atoms with E-state index in [2.05, 4.69) is 0 Å². The number of carbonyl (C=O) groups is 3. The molecule has 4 atom stereocenters. The van der Waals surface area contributed by atoms with Gasteiger partial charge in [-0.2, -0.15) is 0 Å². The third kappa shape index (κ3) is 2.52. The van der Waals surface area contributed by atoms with E-state index in [9.17, 15) is 24.5 Å². The van der Waals surface area contributed by atoms with E-state index in [0.29, 0.717) is 10.6 Å². The van der Waals surface area contributed by atoms with Crippen LogP contribution in [0.15, 0.2) is 36.4 Å². The highest BCUT2D eigenvalue weighted by Gasteiger charge is 2.61. The third-order valence-electron chi connectivity index (χ3n) is 5.10. The minimum absolute atomic E-state index is 0.0196. The van der Waals surface area contributed by atoms with Crippen molar-refractivity contribution in [1.29, 1.82) is 0 Å². The number of nitro groups is 1. The van der Waals surface area contributed by atoms with Crippen LogP contribution in [-0.4, -0.2) is 28.0 Å². The second kappa shape index (κ2) is 5.94. The van der Waals surface area contributed by atoms with Gasteiger partial charge in [0, 0.05) is 12.1 Å². The highest BCUT2D eigenvalue weighted by Crippen LogP contribution is 2.52. The van der Waals surface area contributed by atoms with Crippen LogP contribution in [0.5, 0.6) is 0 Å². The molecular weight excluding hydrogens is 344 g/mol. The zero-order valence-electron chi connectivity index (χ0n) is 13.4. The molecule has 0 radical (unpaired) electrons. The molecule has 4 rings (SSSR count). The molecule has 2 fully saturated rings. The molecule has 1 aromatic carbocycles. The monoisotopic (exact) mass is 358 g/mol. The minimum atomic E-state index is -1.18. The first kappa shape index (κ1) is 16.2. The molecule has 9 heteroatoms. The van der Waals surface area contributed by atoms with Gasteiger partial charge < -0.3 is 4.74 Å². The van der Waals surface area contributed by atoms with Crippen LogP contribution in [-0.2, 0) is 25.8 Å². The van der Waals surface area contributed by atoms with Gasteiger partial charge in [-0.05, 0) is 36.0 Å². The Morgan fingerprint density at radius 2 is 1.69 bits per heavy atom. The maximum atomic E-state index is 12.4. The number of ether oxygens (including phenoxy) is 1. The van der Waals surface area contributed by atoms with Gasteiger partial charge in [0.05, 0.1) is 16.8 Å². The highest BCUT2D eigenvalue weighted by molar-refractivity contribution is 6.05. The highest BCUT2D eigenvalue weighted by atomic mass is 16.8. The van der Waals surface area contributed by atoms with E-state index in [1.54, 1.807) is 0 Å². The number of benzene rings is 1. The lowest BCUT2D eigenvalue weighted by atomic mass is 9.85. The van der Waals surface area contributed by atoms with Gasteiger partial charge in [0.2, 0.25) is 0 Å². The topological polar surface area (TPSA) is 116 Å². The lowest BCUT2D eigenvalue weighted by molar-refractivity contribution is -0.384. The van der Waals surface area contributed by atoms with Gasteiger partial charge in [-0.15, -0.1) is 0 Å². The number of allylic oxidation sites excluding steroid dienone is 2. The molecule has 0 spiro atoms. The fourth-order valence-electron chi connectivity index (χ4n) is 3.92. The molecule has 1 saturated heterocycles. The molecule has 0 unspecified atom stereocenters. The van der Waals surface area contributed by atoms with Gasteiger partial charge in [0.1, 0.15) is 6.61 Å². The molecule has 0 N–H and O–H groups in total. The fraction of sp³-hybridized carbons (Fsp3) is 0.353. The second-order valence-electron chi connectivity index (χ2n) is 6.52. The van der Waals surface area contributed by atoms with Gasteiger partial charge in [-0.3, -0.25) is 24.5 Å². The second-order valence-corrected chi connectivity index (χ2v) is 6.52. The van der Waals surface area contributed by atoms with Crippen molar-refractivity contribution in [3.05, 3.63) is 52.1 Å². The molecule has 1 aliphatic heterocycles. The van der Waals surface area contributed by atoms with Crippen molar-refractivity contribution in [3.8, 4) is 0 Å². The molecule has 2 bridgehead atoms. The number of carbonyl (C=O) groups excluding carboxylic acids is 3. The van der Waals surface area contributed by atoms with E-state index in [0.717, 1.165) is 6.42 Å². The molecule has 0 aromatic heterocycles. The summed E-state index contributed by atoms with van der Waals surface area (Å²) in [6.45, 7) is -0.202. The molecule has 3 aliphatic rings. The molecule has 9 nitrogen and oxygen atoms in total. The largest absolute Gasteiger partial charge is 0.534 e. The Bertz CT molecular complexity index is 802. The zero-order valence-corrected chi connectivity index (χ0v) is 13.4. The minimum Gasteiger partial charge on any atom is -0.428 e. The Labute approximate surface area is 147 Å². The Hall–Kier alpha value is -3.23. The van der Waals surface area contributed by atoms with Crippen molar-refractivity contribution < 1.29 is 28.9 Å². The first-order valence-corrected chi connectivity index (χ1v) is 8.10. The van der Waals surface area contributed by atoms with Crippen LogP contribution in [0.4, 0.5) is 10.5 Å². The summed E-state index contributed by atoms with van der Waals surface area (Å²) in [5.74, 6) is -1.90. The zero-order chi connectivity index (χ0) is 18.4. The van der Waals surface area contributed by atoms with Crippen LogP contribution in [0.3, 0.4) is 0 Å². The summed E-state index contributed by atoms with van der Waals surface area (Å²) in [7, 11) is 0. The van der Waals surface area contributed by atoms with Crippen LogP contribution in [0.2, 0.25) is 0 Å². The number of nitrogens with zero attached hydrogens (tertiary/aromatic N) is 2. The van der Waals surface area contributed by atoms with Crippen LogP contribution >= 0.6 is 0 Å². The average molecular weight is 358 g/mol. The van der Waals surface area contributed by atoms with Crippen molar-refractivity contribution in [1.82, 2.24) is 5.06 Å². The van der Waals surface area contributed by atoms with Gasteiger partial charge in [0.25, 0.3) is 17.5 Å². The SMILES string of the molecule is O=C(OCc1ccc([N+](=O)[O-])cc1)ON1C(=O)[C@@H]2[C@@H](C1=O)[C@H]1C=C[C@@H]2C1. The number of fused-ring (bicyclic) bond motifs is 5. The number of imide groups is 1. The Morgan fingerprint density at radius 1 is 1.12 bits per heavy atom. The molecule has 26 heavy (non-hydrogen) atoms.